The molecule has 34 nitrogen and oxygen atoms in total. The van der Waals surface area contributed by atoms with E-state index in [0.29, 0.717) is 0 Å². The highest BCUT2D eigenvalue weighted by Crippen LogP contribution is 2.65. The molecule has 0 radical (unpaired) electrons. The van der Waals surface area contributed by atoms with Gasteiger partial charge in [-0.1, -0.05) is 13.3 Å². The molecule has 38 heteroatoms. The van der Waals surface area contributed by atoms with Crippen LogP contribution in [0.2, 0.25) is 0 Å². The monoisotopic (exact) mass is 1160 g/mol. The van der Waals surface area contributed by atoms with Gasteiger partial charge >= 0.3 is 79.0 Å². The summed E-state index contributed by atoms with van der Waals surface area (Å²) in [7, 11) is -22.6. The number of carbonyl (C=O) groups is 8. The quantitative estimate of drug-likeness (QED) is 0.0381. The summed E-state index contributed by atoms with van der Waals surface area (Å²) in [5.41, 5.74) is -2.49. The summed E-state index contributed by atoms with van der Waals surface area (Å²) < 4.78 is 177. The summed E-state index contributed by atoms with van der Waals surface area (Å²) in [6.07, 6.45) is -13.1. The van der Waals surface area contributed by atoms with Gasteiger partial charge in [-0.15, -0.1) is 0 Å². The van der Waals surface area contributed by atoms with Gasteiger partial charge in [0.05, 0.1) is 0 Å². The summed E-state index contributed by atoms with van der Waals surface area (Å²) in [6.45, 7) is 0.904. The number of fused-ring (bicyclic) bond motifs is 1. The van der Waals surface area contributed by atoms with Gasteiger partial charge in [-0.3, -0.25) is 56.5 Å². The average molecular weight is 1160 g/mol. The number of phosphoric acid groups is 4. The molecule has 0 aromatic heterocycles. The van der Waals surface area contributed by atoms with Gasteiger partial charge < -0.3 is 47.4 Å². The molecule has 0 amide bonds. The number of carbonyl (C=O) groups excluding carboxylic acids is 8. The Balaban J connectivity index is 3.35. The molecular weight excluding hydrogens is 1100 g/mol. The third-order valence-corrected chi connectivity index (χ3v) is 13.8. The Hall–Kier alpha value is -3.88. The molecule has 0 bridgehead atoms. The van der Waals surface area contributed by atoms with E-state index < -0.39 is 182 Å². The number of hydrogen-bond donors (Lipinski definition) is 0. The van der Waals surface area contributed by atoms with Gasteiger partial charge in [0.15, 0.2) is 5.79 Å². The van der Waals surface area contributed by atoms with E-state index in [-0.39, 0.29) is 6.42 Å². The van der Waals surface area contributed by atoms with Crippen LogP contribution in [0.25, 0.3) is 0 Å². The third kappa shape index (κ3) is 23.2. The van der Waals surface area contributed by atoms with Crippen LogP contribution in [0.4, 0.5) is 0 Å². The highest BCUT2D eigenvalue weighted by Gasteiger charge is 2.72. The maximum absolute atomic E-state index is 15.0. The Morgan fingerprint density at radius 3 is 0.892 bits per heavy atom. The standard InChI is InChI=1S/C36H58O34P4/c1-12-13-36-33(65-35(10,11)70-36)31(67-72(46,59-16-51-24(4)39)60-17-52-25(5)40)30(66-71(45,57-14-49-22(2)37)58-15-50-23(3)38)32(68-73(47,61-18-53-26(6)41)62-19-54-27(7)42)34(36)69-74(48,63-20-55-28(8)43)64-21-56-29(9)44/h30-34H,12-21H2,1-11H3/t30-,31-,32+,33+,34-,36+/m1/s1. The Labute approximate surface area is 421 Å². The van der Waals surface area contributed by atoms with Crippen molar-refractivity contribution >= 4 is 79.0 Å². The number of rotatable bonds is 34. The molecule has 1 heterocycles. The van der Waals surface area contributed by atoms with E-state index in [1.54, 1.807) is 0 Å². The van der Waals surface area contributed by atoms with E-state index in [2.05, 4.69) is 0 Å². The van der Waals surface area contributed by atoms with Crippen molar-refractivity contribution in [3.63, 3.8) is 0 Å². The predicted molar refractivity (Wildman–Crippen MR) is 229 cm³/mol. The van der Waals surface area contributed by atoms with Gasteiger partial charge in [0.2, 0.25) is 54.3 Å². The van der Waals surface area contributed by atoms with E-state index in [4.69, 9.17) is 102 Å². The summed E-state index contributed by atoms with van der Waals surface area (Å²) in [6, 6.07) is 0. The van der Waals surface area contributed by atoms with Crippen LogP contribution in [0, 0.1) is 0 Å². The first kappa shape index (κ1) is 66.2. The molecule has 74 heavy (non-hydrogen) atoms. The lowest BCUT2D eigenvalue weighted by Crippen LogP contribution is -2.71. The molecule has 0 aromatic rings. The van der Waals surface area contributed by atoms with Crippen LogP contribution in [-0.2, 0) is 158 Å². The molecule has 0 aromatic carbocycles. The molecule has 1 saturated heterocycles. The largest absolute Gasteiger partial charge is 0.481 e. The van der Waals surface area contributed by atoms with Gasteiger partial charge in [0.25, 0.3) is 0 Å². The van der Waals surface area contributed by atoms with Crippen molar-refractivity contribution < 1.29 is 158 Å². The highest BCUT2D eigenvalue weighted by molar-refractivity contribution is 7.49. The Kier molecular flexibility index (Phi) is 27.0. The lowest BCUT2D eigenvalue weighted by molar-refractivity contribution is -0.233. The van der Waals surface area contributed by atoms with Crippen molar-refractivity contribution in [3.8, 4) is 0 Å². The Morgan fingerprint density at radius 2 is 0.635 bits per heavy atom. The van der Waals surface area contributed by atoms with Gasteiger partial charge in [0, 0.05) is 55.4 Å². The van der Waals surface area contributed by atoms with E-state index in [0.717, 1.165) is 55.4 Å². The molecule has 1 saturated carbocycles. The fraction of sp³-hybridized carbons (Fsp3) is 0.778. The zero-order valence-corrected chi connectivity index (χ0v) is 45.2. The summed E-state index contributed by atoms with van der Waals surface area (Å²) in [5, 5.41) is 0. The third-order valence-electron chi connectivity index (χ3n) is 8.47. The molecule has 1 aliphatic heterocycles. The topological polar surface area (TPSA) is 408 Å². The predicted octanol–water partition coefficient (Wildman–Crippen LogP) is 3.96. The minimum Gasteiger partial charge on any atom is -0.438 e. The highest BCUT2D eigenvalue weighted by atomic mass is 31.2. The van der Waals surface area contributed by atoms with Crippen LogP contribution in [-0.4, -0.2) is 144 Å². The lowest BCUT2D eigenvalue weighted by atomic mass is 9.72. The SMILES string of the molecule is CCC[C@]12OC(C)(C)O[C@H]1[C@H](OP(=O)(OCOC(C)=O)OCOC(C)=O)[C@@H](OP(=O)(OCOC(C)=O)OCOC(C)=O)[C@H](OP(=O)(OCOC(C)=O)OCOC(C)=O)[C@H]2OP(=O)(OCOC(C)=O)OCOC(C)=O. The molecule has 2 fully saturated rings. The molecule has 0 N–H and O–H groups in total. The van der Waals surface area contributed by atoms with Crippen molar-refractivity contribution in [3.05, 3.63) is 0 Å². The van der Waals surface area contributed by atoms with Crippen LogP contribution < -0.4 is 0 Å². The van der Waals surface area contributed by atoms with Crippen molar-refractivity contribution in [2.24, 2.45) is 0 Å². The number of esters is 8. The summed E-state index contributed by atoms with van der Waals surface area (Å²) >= 11 is 0. The molecule has 2 rings (SSSR count). The fourth-order valence-electron chi connectivity index (χ4n) is 5.92. The van der Waals surface area contributed by atoms with Gasteiger partial charge in [0.1, 0.15) is 36.1 Å². The van der Waals surface area contributed by atoms with E-state index in [1.807, 2.05) is 0 Å². The smallest absolute Gasteiger partial charge is 0.438 e. The van der Waals surface area contributed by atoms with E-state index in [9.17, 15) is 56.6 Å². The van der Waals surface area contributed by atoms with E-state index >= 15 is 0 Å². The Bertz CT molecular complexity index is 2050. The lowest BCUT2D eigenvalue weighted by Gasteiger charge is -2.52. The van der Waals surface area contributed by atoms with Crippen LogP contribution >= 0.6 is 31.3 Å². The van der Waals surface area contributed by atoms with Crippen LogP contribution in [0.15, 0.2) is 0 Å². The van der Waals surface area contributed by atoms with Crippen molar-refractivity contribution in [1.82, 2.24) is 0 Å². The minimum atomic E-state index is -5.73. The second-order valence-electron chi connectivity index (χ2n) is 14.8. The second kappa shape index (κ2) is 30.2. The molecule has 0 unspecified atom stereocenters. The van der Waals surface area contributed by atoms with Crippen molar-refractivity contribution in [2.75, 3.05) is 54.3 Å². The van der Waals surface area contributed by atoms with E-state index in [1.165, 1.54) is 20.8 Å². The number of hydrogen-bond acceptors (Lipinski definition) is 34. The molecule has 1 aliphatic carbocycles. The second-order valence-corrected chi connectivity index (χ2v) is 21.3. The van der Waals surface area contributed by atoms with Gasteiger partial charge in [-0.25, -0.2) is 54.5 Å². The van der Waals surface area contributed by atoms with Gasteiger partial charge in [-0.2, -0.15) is 0 Å². The van der Waals surface area contributed by atoms with Crippen LogP contribution in [0.3, 0.4) is 0 Å². The first-order chi connectivity index (χ1) is 34.3. The maximum Gasteiger partial charge on any atom is 0.481 e. The van der Waals surface area contributed by atoms with Crippen LogP contribution in [0.1, 0.15) is 89.0 Å². The summed E-state index contributed by atoms with van der Waals surface area (Å²) in [4.78, 5) is 94.8. The zero-order chi connectivity index (χ0) is 56.1. The maximum atomic E-state index is 15.0. The minimum absolute atomic E-state index is 0.0731. The molecule has 426 valence electrons. The normalized spacial score (nSPS) is 21.6. The fourth-order valence-corrected chi connectivity index (χ4v) is 10.3. The van der Waals surface area contributed by atoms with Crippen molar-refractivity contribution in [1.29, 1.82) is 0 Å². The first-order valence-corrected chi connectivity index (χ1v) is 26.9. The number of phosphoric ester groups is 4. The van der Waals surface area contributed by atoms with Gasteiger partial charge in [-0.05, 0) is 20.3 Å². The summed E-state index contributed by atoms with van der Waals surface area (Å²) in [5.74, 6) is -10.3. The molecule has 2 aliphatic rings. The zero-order valence-electron chi connectivity index (χ0n) is 41.6. The van der Waals surface area contributed by atoms with Crippen molar-refractivity contribution in [2.45, 2.75) is 131 Å². The number of ether oxygens (including phenoxy) is 10. The average Bonchev–Trinajstić information content (AvgIpc) is 3.53. The van der Waals surface area contributed by atoms with Crippen LogP contribution in [0.5, 0.6) is 0 Å². The Morgan fingerprint density at radius 1 is 0.392 bits per heavy atom. The molecule has 0 spiro atoms. The molecular formula is C36H58O34P4. The molecule has 6 atom stereocenters. The first-order valence-electron chi connectivity index (χ1n) is 21.1.